The molecule has 0 aromatic heterocycles. The maximum Gasteiger partial charge on any atom is 0.411 e. The standard InChI is InChI=1S/C27H29ClN4O3.C25H33N3O4.C20H25N3O2.C15H18N2.C10H17NO5.C7H4ClNO4.C6H6ClN.2CH4.ClH/c1-31(2)16-19-5-3-4-6-24(19)18-7-11-21(12-8-18)29-26(34)25-15-23(33)17-32(25)27(35)30-22-13-9-20(28)10-14-22;1-25(2,3)32-24(31)28-16-20(29)14-22(28)23(30)26-19-12-10-17(11-13-19)21-9-7-6-8-18(21)15-27(4)5;1-23(2)13-15-5-3-4-6-18(15)14-7-9-16(10-8-14)22-20(25)19-11-17(24)12-21-19;1-17(2)11-13-5-3-4-6-15(13)12-7-9-14(16)10-8-12;1-10(2,3)16-9(15)11-5-6(12)4-7(11)8(13)14;8-7(10)13-6-3-1-5(2-4-6)9(11)12;7-5-1-3-6(8)4-2-5;;;/h3-14,23,25,33H,15-17H2,1-2H3,(H,29,34)(H,30,35);6-13,20,22,29H,14-16H2,1-5H3,(H,26,30);3-10,17,19,21,24H,11-13H2,1-2H3,(H,22,25);3-10H,11,16H2,1-2H3;6-7,12H,4-5H2,1-3H3,(H,13,14);1-4H;1-4H,8H2;2*1H4;1H/t23-,25-;20-,22-;17-,19-;;6-,7-;;;;;/m111.1...../s1. The number of β-amino-alcohol motifs (C(OH)–C–C–N with tert-alkyl or cyclic N) is 4. The molecule has 7 amide bonds. The van der Waals surface area contributed by atoms with Crippen molar-refractivity contribution in [1.82, 2.24) is 39.6 Å². The quantitative estimate of drug-likeness (QED) is 0.0130. The van der Waals surface area contributed by atoms with Crippen molar-refractivity contribution >= 4 is 134 Å². The average Bonchev–Trinajstić information content (AvgIpc) is 1.73. The number of nitrogens with zero attached hydrogens (tertiary/aromatic N) is 8. The van der Waals surface area contributed by atoms with E-state index in [1.165, 1.54) is 73.0 Å². The first-order chi connectivity index (χ1) is 69.1. The van der Waals surface area contributed by atoms with E-state index in [-0.39, 0.29) is 101 Å². The molecule has 0 saturated carbocycles. The number of aliphatic hydroxyl groups excluding tert-OH is 4. The first kappa shape index (κ1) is 124. The molecule has 0 spiro atoms. The Morgan fingerprint density at radius 1 is 0.409 bits per heavy atom. The number of likely N-dealkylation sites (tertiary alicyclic amines) is 3. The normalized spacial score (nSPS) is 16.7. The molecule has 33 nitrogen and oxygen atoms in total. The van der Waals surface area contributed by atoms with Gasteiger partial charge in [-0.05, 0) is 280 Å². The number of hydrogen-bond acceptors (Lipinski definition) is 24. The first-order valence-corrected chi connectivity index (χ1v) is 48.4. The van der Waals surface area contributed by atoms with Crippen LogP contribution in [0.3, 0.4) is 0 Å². The molecule has 14 N–H and O–H groups in total. The number of amides is 7. The molecule has 4 aliphatic rings. The summed E-state index contributed by atoms with van der Waals surface area (Å²) in [7, 11) is 16.4. The second-order valence-corrected chi connectivity index (χ2v) is 39.5. The van der Waals surface area contributed by atoms with Crippen molar-refractivity contribution in [3.8, 4) is 50.3 Å². The van der Waals surface area contributed by atoms with E-state index in [0.717, 1.165) is 81.0 Å². The number of carboxylic acid groups (broad SMARTS) is 1. The average molecular weight is 2130 g/mol. The Bertz CT molecular complexity index is 6110. The molecule has 800 valence electrons. The molecule has 11 aromatic rings. The zero-order chi connectivity index (χ0) is 107. The van der Waals surface area contributed by atoms with E-state index in [1.807, 2.05) is 143 Å². The lowest BCUT2D eigenvalue weighted by Crippen LogP contribution is -2.45. The van der Waals surface area contributed by atoms with Gasteiger partial charge in [0.1, 0.15) is 35.1 Å². The number of hydrogen-bond donors (Lipinski definition) is 12. The van der Waals surface area contributed by atoms with Crippen LogP contribution in [0.25, 0.3) is 44.5 Å². The number of carbonyl (C=O) groups is 8. The smallest absolute Gasteiger partial charge is 0.411 e. The van der Waals surface area contributed by atoms with Gasteiger partial charge in [0.05, 0.1) is 48.5 Å². The maximum absolute atomic E-state index is 13.0. The summed E-state index contributed by atoms with van der Waals surface area (Å²) in [5.41, 5.74) is 27.1. The summed E-state index contributed by atoms with van der Waals surface area (Å²) in [6.07, 6.45) is -3.18. The number of aliphatic hydroxyl groups is 4. The predicted octanol–water partition coefficient (Wildman–Crippen LogP) is 19.9. The number of nitrogens with one attached hydrogen (secondary N) is 5. The number of nitrogens with two attached hydrogens (primary N) is 2. The summed E-state index contributed by atoms with van der Waals surface area (Å²) >= 11 is 16.4. The van der Waals surface area contributed by atoms with Crippen LogP contribution in [-0.4, -0.2) is 254 Å². The van der Waals surface area contributed by atoms with Gasteiger partial charge in [-0.3, -0.25) is 34.3 Å². The molecule has 4 heterocycles. The van der Waals surface area contributed by atoms with Crippen LogP contribution < -0.4 is 42.8 Å². The minimum Gasteiger partial charge on any atom is -0.480 e. The number of rotatable bonds is 22. The Hall–Kier alpha value is -13.6. The van der Waals surface area contributed by atoms with Gasteiger partial charge in [-0.15, -0.1) is 12.4 Å². The lowest BCUT2D eigenvalue weighted by molar-refractivity contribution is -0.384. The van der Waals surface area contributed by atoms with E-state index in [1.54, 1.807) is 90.1 Å². The van der Waals surface area contributed by atoms with Gasteiger partial charge in [-0.25, -0.2) is 24.0 Å². The second-order valence-electron chi connectivity index (χ2n) is 38.3. The number of halogens is 4. The molecule has 4 aliphatic heterocycles. The molecule has 4 fully saturated rings. The highest BCUT2D eigenvalue weighted by molar-refractivity contribution is 6.61. The Kier molecular flexibility index (Phi) is 49.6. The molecular formula is C112H141Cl4N15O18. The first-order valence-electron chi connectivity index (χ1n) is 47.3. The third kappa shape index (κ3) is 41.1. The fraction of sp³-hybridized carbons (Fsp3) is 0.339. The van der Waals surface area contributed by atoms with Gasteiger partial charge in [0, 0.05) is 126 Å². The Labute approximate surface area is 894 Å². The molecule has 37 heteroatoms. The van der Waals surface area contributed by atoms with Crippen molar-refractivity contribution in [2.75, 3.05) is 115 Å². The molecule has 149 heavy (non-hydrogen) atoms. The molecule has 0 radical (unpaired) electrons. The third-order valence-electron chi connectivity index (χ3n) is 22.5. The number of benzene rings is 11. The van der Waals surface area contributed by atoms with Crippen LogP contribution in [0, 0.1) is 10.1 Å². The number of anilines is 6. The number of nitro benzene ring substituents is 1. The highest BCUT2D eigenvalue weighted by Crippen LogP contribution is 2.34. The number of non-ortho nitro benzene ring substituents is 1. The predicted molar refractivity (Wildman–Crippen MR) is 595 cm³/mol. The summed E-state index contributed by atoms with van der Waals surface area (Å²) < 4.78 is 14.9. The summed E-state index contributed by atoms with van der Waals surface area (Å²) in [6, 6.07) is 80.0. The fourth-order valence-corrected chi connectivity index (χ4v) is 16.3. The number of nitrogen functional groups attached to an aromatic ring is 2. The molecule has 0 bridgehead atoms. The van der Waals surface area contributed by atoms with Crippen LogP contribution in [0.4, 0.5) is 59.0 Å². The lowest BCUT2D eigenvalue weighted by atomic mass is 9.99. The van der Waals surface area contributed by atoms with Crippen molar-refractivity contribution in [3.63, 3.8) is 0 Å². The number of carbonyl (C=O) groups excluding carboxylic acids is 7. The molecular weight excluding hydrogens is 1990 g/mol. The van der Waals surface area contributed by atoms with Crippen molar-refractivity contribution in [2.45, 2.75) is 168 Å². The minimum atomic E-state index is -1.12. The molecule has 8 atom stereocenters. The number of urea groups is 1. The number of nitro groups is 1. The summed E-state index contributed by atoms with van der Waals surface area (Å²) in [5, 5.41) is 73.9. The van der Waals surface area contributed by atoms with E-state index in [0.29, 0.717) is 35.1 Å². The Morgan fingerprint density at radius 3 is 1.01 bits per heavy atom. The van der Waals surface area contributed by atoms with Crippen molar-refractivity contribution < 1.29 is 83.0 Å². The molecule has 0 unspecified atom stereocenters. The highest BCUT2D eigenvalue weighted by atomic mass is 35.5. The summed E-state index contributed by atoms with van der Waals surface area (Å²) in [4.78, 5) is 118. The number of ether oxygens (including phenoxy) is 3. The summed E-state index contributed by atoms with van der Waals surface area (Å²) in [5.74, 6) is -1.73. The van der Waals surface area contributed by atoms with Gasteiger partial charge in [-0.1, -0.05) is 184 Å². The Morgan fingerprint density at radius 2 is 0.698 bits per heavy atom. The van der Waals surface area contributed by atoms with E-state index < -0.39 is 88.3 Å². The van der Waals surface area contributed by atoms with Gasteiger partial charge < -0.3 is 102 Å². The second kappa shape index (κ2) is 59.5. The third-order valence-corrected chi connectivity index (χ3v) is 23.1. The monoisotopic (exact) mass is 2120 g/mol. The lowest BCUT2D eigenvalue weighted by Gasteiger charge is -2.27. The van der Waals surface area contributed by atoms with E-state index in [2.05, 4.69) is 158 Å². The minimum absolute atomic E-state index is 0. The van der Waals surface area contributed by atoms with Crippen molar-refractivity contribution in [3.05, 3.63) is 309 Å². The SMILES string of the molecule is C.C.CC(C)(C)OC(=O)N1C[C@H](O)C[C@@H]1C(=O)O.CN(C)Cc1ccccc1-c1ccc(N)cc1.CN(C)Cc1ccccc1-c1ccc(NC(=O)[C@H]2C[C@@H](O)CN2)cc1.CN(C)Cc1ccccc1-c1ccc(NC(=O)[C@H]2C[C@@H](O)CN2C(=O)Nc2ccc(Cl)cc2)cc1.CN(C)Cc1ccccc1-c1ccc(NC(=O)[C@H]2C[C@@H](O)CN2C(=O)OC(C)(C)C)cc1.Cl.Nc1ccc(Cl)cc1.O=C(Cl)Oc1ccc([N+](=O)[O-])cc1. The molecule has 15 rings (SSSR count). The summed E-state index contributed by atoms with van der Waals surface area (Å²) in [6.45, 7) is 14.5. The molecule has 4 saturated heterocycles. The number of aliphatic carboxylic acids is 1. The molecule has 0 aliphatic carbocycles. The topological polar surface area (TPSA) is 443 Å². The van der Waals surface area contributed by atoms with Gasteiger partial charge >= 0.3 is 29.6 Å². The van der Waals surface area contributed by atoms with Crippen LogP contribution >= 0.6 is 47.2 Å². The van der Waals surface area contributed by atoms with Crippen LogP contribution in [0.5, 0.6) is 5.75 Å². The number of carboxylic acids is 1. The maximum atomic E-state index is 13.0. The fourth-order valence-electron chi connectivity index (χ4n) is 15.9. The van der Waals surface area contributed by atoms with Crippen LogP contribution in [-0.2, 0) is 54.8 Å². The zero-order valence-corrected chi connectivity index (χ0v) is 87.9. The van der Waals surface area contributed by atoms with Gasteiger partial charge in [0.25, 0.3) is 5.69 Å². The zero-order valence-electron chi connectivity index (χ0n) is 84.8. The van der Waals surface area contributed by atoms with Crippen LogP contribution in [0.15, 0.2) is 267 Å². The van der Waals surface area contributed by atoms with Crippen molar-refractivity contribution in [2.24, 2.45) is 0 Å². The van der Waals surface area contributed by atoms with E-state index in [9.17, 15) is 68.9 Å². The highest BCUT2D eigenvalue weighted by Gasteiger charge is 2.44. The van der Waals surface area contributed by atoms with Crippen molar-refractivity contribution in [1.29, 1.82) is 0 Å². The van der Waals surface area contributed by atoms with Gasteiger partial charge in [0.15, 0.2) is 0 Å². The van der Waals surface area contributed by atoms with Crippen LogP contribution in [0.1, 0.15) is 104 Å². The van der Waals surface area contributed by atoms with Gasteiger partial charge in [-0.2, -0.15) is 0 Å². The molecule has 11 aromatic carbocycles. The van der Waals surface area contributed by atoms with E-state index >= 15 is 0 Å². The van der Waals surface area contributed by atoms with E-state index in [4.69, 9.17) is 60.9 Å². The Balaban J connectivity index is 0.000000275. The largest absolute Gasteiger partial charge is 0.480 e. The van der Waals surface area contributed by atoms with Crippen LogP contribution in [0.2, 0.25) is 10.0 Å². The van der Waals surface area contributed by atoms with Gasteiger partial charge in [0.2, 0.25) is 17.7 Å².